The first-order valence-electron chi connectivity index (χ1n) is 6.08. The van der Waals surface area contributed by atoms with E-state index in [1.165, 1.54) is 6.20 Å². The molecule has 0 saturated heterocycles. The molecule has 0 bridgehead atoms. The van der Waals surface area contributed by atoms with Crippen LogP contribution in [0.5, 0.6) is 0 Å². The highest BCUT2D eigenvalue weighted by molar-refractivity contribution is 5.12. The highest BCUT2D eigenvalue weighted by Crippen LogP contribution is 2.09. The third-order valence-electron chi connectivity index (χ3n) is 2.62. The van der Waals surface area contributed by atoms with E-state index < -0.39 is 4.92 Å². The van der Waals surface area contributed by atoms with E-state index in [0.29, 0.717) is 13.1 Å². The molecular formula is C14H14N4O2. The number of hydrogen-bond donors (Lipinski definition) is 0. The molecule has 2 aromatic rings. The van der Waals surface area contributed by atoms with Crippen LogP contribution in [0.25, 0.3) is 0 Å². The fourth-order valence-electron chi connectivity index (χ4n) is 1.76. The minimum Gasteiger partial charge on any atom is -0.364 e. The quantitative estimate of drug-likeness (QED) is 0.594. The minimum atomic E-state index is -0.473. The van der Waals surface area contributed by atoms with E-state index >= 15 is 0 Å². The van der Waals surface area contributed by atoms with E-state index in [-0.39, 0.29) is 0 Å². The van der Waals surface area contributed by atoms with Gasteiger partial charge >= 0.3 is 0 Å². The number of hydrogen-bond acceptors (Lipinski definition) is 5. The third kappa shape index (κ3) is 4.49. The average molecular weight is 270 g/mol. The lowest BCUT2D eigenvalue weighted by atomic mass is 10.2. The summed E-state index contributed by atoms with van der Waals surface area (Å²) in [5.74, 6) is 0. The van der Waals surface area contributed by atoms with Crippen molar-refractivity contribution in [1.82, 2.24) is 14.9 Å². The average Bonchev–Trinajstić information content (AvgIpc) is 2.47. The minimum absolute atomic E-state index is 0.473. The standard InChI is InChI=1S/C14H14N4O2/c19-18(20)8-7-17(11-13-3-1-5-15-9-13)12-14-4-2-6-16-10-14/h1-10H,11-12H2. The van der Waals surface area contributed by atoms with Crippen molar-refractivity contribution < 1.29 is 4.92 Å². The first-order valence-corrected chi connectivity index (χ1v) is 6.08. The maximum absolute atomic E-state index is 10.5. The number of pyridine rings is 2. The molecule has 0 spiro atoms. The van der Waals surface area contributed by atoms with Gasteiger partial charge in [-0.25, -0.2) is 0 Å². The van der Waals surface area contributed by atoms with Crippen LogP contribution in [-0.2, 0) is 13.1 Å². The van der Waals surface area contributed by atoms with E-state index in [4.69, 9.17) is 0 Å². The van der Waals surface area contributed by atoms with Crippen LogP contribution in [0.4, 0.5) is 0 Å². The lowest BCUT2D eigenvalue weighted by Crippen LogP contribution is -2.17. The van der Waals surface area contributed by atoms with Crippen molar-refractivity contribution in [3.8, 4) is 0 Å². The van der Waals surface area contributed by atoms with Crippen LogP contribution in [0.3, 0.4) is 0 Å². The predicted octanol–water partition coefficient (Wildman–Crippen LogP) is 2.23. The van der Waals surface area contributed by atoms with Gasteiger partial charge in [-0.15, -0.1) is 0 Å². The van der Waals surface area contributed by atoms with E-state index in [0.717, 1.165) is 17.3 Å². The van der Waals surface area contributed by atoms with Crippen LogP contribution in [0.15, 0.2) is 61.5 Å². The first kappa shape index (κ1) is 13.7. The molecule has 6 nitrogen and oxygen atoms in total. The lowest BCUT2D eigenvalue weighted by molar-refractivity contribution is -0.403. The summed E-state index contributed by atoms with van der Waals surface area (Å²) in [5.41, 5.74) is 1.98. The van der Waals surface area contributed by atoms with Crippen LogP contribution < -0.4 is 0 Å². The molecule has 0 atom stereocenters. The molecule has 0 aliphatic carbocycles. The second-order valence-corrected chi connectivity index (χ2v) is 4.21. The Morgan fingerprint density at radius 3 is 2.05 bits per heavy atom. The molecule has 2 aromatic heterocycles. The van der Waals surface area contributed by atoms with Gasteiger partial charge in [0.15, 0.2) is 0 Å². The molecule has 2 rings (SSSR count). The molecule has 0 aliphatic rings. The number of nitrogens with zero attached hydrogens (tertiary/aromatic N) is 4. The molecule has 0 aliphatic heterocycles. The predicted molar refractivity (Wildman–Crippen MR) is 73.9 cm³/mol. The van der Waals surface area contributed by atoms with Crippen molar-refractivity contribution in [1.29, 1.82) is 0 Å². The summed E-state index contributed by atoms with van der Waals surface area (Å²) >= 11 is 0. The molecule has 2 heterocycles. The van der Waals surface area contributed by atoms with Gasteiger partial charge in [-0.3, -0.25) is 20.1 Å². The lowest BCUT2D eigenvalue weighted by Gasteiger charge is -2.19. The summed E-state index contributed by atoms with van der Waals surface area (Å²) in [6.07, 6.45) is 9.29. The molecule has 0 N–H and O–H groups in total. The van der Waals surface area contributed by atoms with Gasteiger partial charge in [0.25, 0.3) is 0 Å². The molecule has 102 valence electrons. The molecule has 6 heteroatoms. The van der Waals surface area contributed by atoms with Gasteiger partial charge < -0.3 is 4.90 Å². The number of aromatic nitrogens is 2. The van der Waals surface area contributed by atoms with Crippen molar-refractivity contribution in [2.24, 2.45) is 0 Å². The maximum atomic E-state index is 10.5. The summed E-state index contributed by atoms with van der Waals surface area (Å²) in [7, 11) is 0. The van der Waals surface area contributed by atoms with E-state index in [2.05, 4.69) is 9.97 Å². The topological polar surface area (TPSA) is 72.2 Å². The smallest absolute Gasteiger partial charge is 0.250 e. The molecule has 0 amide bonds. The molecule has 0 aromatic carbocycles. The van der Waals surface area contributed by atoms with Crippen molar-refractivity contribution in [2.75, 3.05) is 0 Å². The van der Waals surface area contributed by atoms with Crippen molar-refractivity contribution in [3.63, 3.8) is 0 Å². The summed E-state index contributed by atoms with van der Waals surface area (Å²) in [4.78, 5) is 19.9. The van der Waals surface area contributed by atoms with Crippen LogP contribution >= 0.6 is 0 Å². The molecule has 20 heavy (non-hydrogen) atoms. The van der Waals surface area contributed by atoms with Crippen LogP contribution in [-0.4, -0.2) is 19.8 Å². The zero-order chi connectivity index (χ0) is 14.2. The first-order chi connectivity index (χ1) is 9.74. The summed E-state index contributed by atoms with van der Waals surface area (Å²) in [6, 6.07) is 7.55. The van der Waals surface area contributed by atoms with Crippen LogP contribution in [0.1, 0.15) is 11.1 Å². The highest BCUT2D eigenvalue weighted by atomic mass is 16.6. The Kier molecular flexibility index (Phi) is 4.77. The van der Waals surface area contributed by atoms with Gasteiger partial charge in [-0.1, -0.05) is 12.1 Å². The van der Waals surface area contributed by atoms with Gasteiger partial charge in [-0.2, -0.15) is 0 Å². The largest absolute Gasteiger partial charge is 0.364 e. The second kappa shape index (κ2) is 6.98. The number of rotatable bonds is 6. The fraction of sp³-hybridized carbons (Fsp3) is 0.143. The van der Waals surface area contributed by atoms with Gasteiger partial charge in [0.1, 0.15) is 0 Å². The maximum Gasteiger partial charge on any atom is 0.250 e. The summed E-state index contributed by atoms with van der Waals surface area (Å²) in [6.45, 7) is 1.10. The summed E-state index contributed by atoms with van der Waals surface area (Å²) < 4.78 is 0. The van der Waals surface area contributed by atoms with E-state index in [1.54, 1.807) is 24.8 Å². The van der Waals surface area contributed by atoms with E-state index in [1.807, 2.05) is 29.2 Å². The zero-order valence-electron chi connectivity index (χ0n) is 10.8. The third-order valence-corrected chi connectivity index (χ3v) is 2.62. The fourth-order valence-corrected chi connectivity index (χ4v) is 1.76. The zero-order valence-corrected chi connectivity index (χ0v) is 10.8. The van der Waals surface area contributed by atoms with Gasteiger partial charge in [0.2, 0.25) is 6.20 Å². The van der Waals surface area contributed by atoms with Crippen molar-refractivity contribution in [3.05, 3.63) is 82.7 Å². The van der Waals surface area contributed by atoms with Gasteiger partial charge in [0.05, 0.1) is 11.1 Å². The second-order valence-electron chi connectivity index (χ2n) is 4.21. The molecule has 0 unspecified atom stereocenters. The Balaban J connectivity index is 2.10. The van der Waals surface area contributed by atoms with Gasteiger partial charge in [-0.05, 0) is 23.3 Å². The normalized spacial score (nSPS) is 10.6. The summed E-state index contributed by atoms with van der Waals surface area (Å²) in [5, 5.41) is 10.5. The Morgan fingerprint density at radius 2 is 1.65 bits per heavy atom. The number of nitro groups is 1. The monoisotopic (exact) mass is 270 g/mol. The Hall–Kier alpha value is -2.76. The Morgan fingerprint density at radius 1 is 1.10 bits per heavy atom. The van der Waals surface area contributed by atoms with Crippen molar-refractivity contribution >= 4 is 0 Å². The molecule has 0 fully saturated rings. The van der Waals surface area contributed by atoms with Gasteiger partial charge in [0, 0.05) is 37.9 Å². The molecule has 0 saturated carbocycles. The molecule has 0 radical (unpaired) electrons. The van der Waals surface area contributed by atoms with Crippen LogP contribution in [0.2, 0.25) is 0 Å². The Bertz CT molecular complexity index is 531. The van der Waals surface area contributed by atoms with Crippen molar-refractivity contribution in [2.45, 2.75) is 13.1 Å². The SMILES string of the molecule is O=[N+]([O-])C=CN(Cc1cccnc1)Cc1cccnc1. The highest BCUT2D eigenvalue weighted by Gasteiger charge is 2.04. The van der Waals surface area contributed by atoms with Crippen LogP contribution in [0, 0.1) is 10.1 Å². The van der Waals surface area contributed by atoms with E-state index in [9.17, 15) is 10.1 Å². The Labute approximate surface area is 116 Å². The molecular weight excluding hydrogens is 256 g/mol.